The van der Waals surface area contributed by atoms with Gasteiger partial charge in [-0.3, -0.25) is 9.69 Å². The molecule has 0 saturated carbocycles. The molecule has 8 nitrogen and oxygen atoms in total. The minimum absolute atomic E-state index is 0.0565. The zero-order valence-electron chi connectivity index (χ0n) is 12.7. The van der Waals surface area contributed by atoms with Crippen molar-refractivity contribution in [2.24, 2.45) is 7.05 Å². The molecule has 1 N–H and O–H groups in total. The molecule has 120 valence electrons. The van der Waals surface area contributed by atoms with E-state index in [-0.39, 0.29) is 11.7 Å². The van der Waals surface area contributed by atoms with Crippen LogP contribution in [0.15, 0.2) is 12.1 Å². The van der Waals surface area contributed by atoms with Crippen LogP contribution in [0.4, 0.5) is 5.82 Å². The van der Waals surface area contributed by atoms with Crippen molar-refractivity contribution in [1.82, 2.24) is 19.7 Å². The molecule has 1 aromatic rings. The normalized spacial score (nSPS) is 23.0. The Morgan fingerprint density at radius 1 is 1.32 bits per heavy atom. The van der Waals surface area contributed by atoms with Gasteiger partial charge >= 0.3 is 5.82 Å². The maximum atomic E-state index is 12.5. The summed E-state index contributed by atoms with van der Waals surface area (Å²) in [6, 6.07) is 3.50. The lowest BCUT2D eigenvalue weighted by Crippen LogP contribution is -2.52. The van der Waals surface area contributed by atoms with Crippen LogP contribution < -0.4 is 5.32 Å². The third-order valence-electron chi connectivity index (χ3n) is 4.65. The van der Waals surface area contributed by atoms with E-state index < -0.39 is 4.92 Å². The van der Waals surface area contributed by atoms with Crippen molar-refractivity contribution in [3.8, 4) is 0 Å². The average Bonchev–Trinajstić information content (AvgIpc) is 3.16. The molecular formula is C14H21N5O3. The van der Waals surface area contributed by atoms with Crippen LogP contribution in [0.2, 0.25) is 0 Å². The average molecular weight is 307 g/mol. The number of nitrogens with one attached hydrogen (secondary N) is 1. The van der Waals surface area contributed by atoms with E-state index in [9.17, 15) is 14.9 Å². The van der Waals surface area contributed by atoms with E-state index in [1.807, 2.05) is 0 Å². The topological polar surface area (TPSA) is 83.7 Å². The smallest absolute Gasteiger partial charge is 0.323 e. The minimum atomic E-state index is -0.470. The maximum absolute atomic E-state index is 12.5. The molecule has 0 radical (unpaired) electrons. The first-order valence-corrected chi connectivity index (χ1v) is 7.62. The Hall–Kier alpha value is -1.93. The second kappa shape index (κ2) is 6.05. The molecule has 1 aromatic heterocycles. The summed E-state index contributed by atoms with van der Waals surface area (Å²) in [4.78, 5) is 27.2. The maximum Gasteiger partial charge on any atom is 0.323 e. The van der Waals surface area contributed by atoms with Gasteiger partial charge in [0.1, 0.15) is 0 Å². The lowest BCUT2D eigenvalue weighted by molar-refractivity contribution is -0.391. The van der Waals surface area contributed by atoms with Crippen LogP contribution in [0.3, 0.4) is 0 Å². The Kier molecular flexibility index (Phi) is 4.12. The highest BCUT2D eigenvalue weighted by atomic mass is 16.6. The van der Waals surface area contributed by atoms with Gasteiger partial charge in [0, 0.05) is 44.8 Å². The van der Waals surface area contributed by atoms with Gasteiger partial charge in [-0.15, -0.1) is 0 Å². The monoisotopic (exact) mass is 307 g/mol. The summed E-state index contributed by atoms with van der Waals surface area (Å²) in [7, 11) is 1.56. The number of aromatic nitrogens is 1. The van der Waals surface area contributed by atoms with E-state index in [1.165, 1.54) is 16.7 Å². The fourth-order valence-corrected chi connectivity index (χ4v) is 3.30. The second-order valence-electron chi connectivity index (χ2n) is 5.87. The first-order valence-electron chi connectivity index (χ1n) is 7.62. The molecule has 0 spiro atoms. The molecule has 1 atom stereocenters. The molecule has 22 heavy (non-hydrogen) atoms. The number of carbonyl (C=O) groups excluding carboxylic acids is 1. The van der Waals surface area contributed by atoms with Crippen molar-refractivity contribution in [3.63, 3.8) is 0 Å². The summed E-state index contributed by atoms with van der Waals surface area (Å²) in [6.45, 7) is 5.17. The van der Waals surface area contributed by atoms with E-state index in [0.717, 1.165) is 32.6 Å². The summed E-state index contributed by atoms with van der Waals surface area (Å²) in [5.74, 6) is -0.182. The van der Waals surface area contributed by atoms with Gasteiger partial charge in [-0.1, -0.05) is 0 Å². The highest BCUT2D eigenvalue weighted by Crippen LogP contribution is 2.18. The molecule has 2 aliphatic rings. The lowest BCUT2D eigenvalue weighted by Gasteiger charge is -2.37. The van der Waals surface area contributed by atoms with Crippen LogP contribution in [0.25, 0.3) is 0 Å². The third kappa shape index (κ3) is 2.71. The van der Waals surface area contributed by atoms with E-state index in [4.69, 9.17) is 0 Å². The molecule has 1 unspecified atom stereocenters. The van der Waals surface area contributed by atoms with Crippen LogP contribution >= 0.6 is 0 Å². The Labute approximate surface area is 128 Å². The number of piperazine rings is 1. The van der Waals surface area contributed by atoms with Crippen LogP contribution in [0.5, 0.6) is 0 Å². The molecule has 0 aromatic carbocycles. The molecule has 2 aliphatic heterocycles. The molecule has 0 aliphatic carbocycles. The lowest BCUT2D eigenvalue weighted by atomic mass is 10.2. The van der Waals surface area contributed by atoms with Crippen LogP contribution in [-0.4, -0.2) is 70.5 Å². The Morgan fingerprint density at radius 3 is 2.59 bits per heavy atom. The number of hydrogen-bond acceptors (Lipinski definition) is 5. The summed E-state index contributed by atoms with van der Waals surface area (Å²) in [6.07, 6.45) is 1.16. The molecule has 3 rings (SSSR count). The van der Waals surface area contributed by atoms with Crippen molar-refractivity contribution in [2.75, 3.05) is 39.3 Å². The molecule has 0 bridgehead atoms. The van der Waals surface area contributed by atoms with E-state index in [0.29, 0.717) is 24.8 Å². The van der Waals surface area contributed by atoms with Gasteiger partial charge in [0.25, 0.3) is 5.91 Å². The molecule has 2 saturated heterocycles. The third-order valence-corrected chi connectivity index (χ3v) is 4.65. The van der Waals surface area contributed by atoms with Crippen molar-refractivity contribution in [3.05, 3.63) is 27.9 Å². The van der Waals surface area contributed by atoms with E-state index in [2.05, 4.69) is 10.2 Å². The van der Waals surface area contributed by atoms with Crippen LogP contribution in [0.1, 0.15) is 16.9 Å². The summed E-state index contributed by atoms with van der Waals surface area (Å²) < 4.78 is 1.36. The fraction of sp³-hybridized carbons (Fsp3) is 0.643. The summed E-state index contributed by atoms with van der Waals surface area (Å²) >= 11 is 0. The van der Waals surface area contributed by atoms with E-state index in [1.54, 1.807) is 11.9 Å². The Bertz CT molecular complexity index is 571. The van der Waals surface area contributed by atoms with Crippen LogP contribution in [-0.2, 0) is 7.05 Å². The number of amides is 1. The highest BCUT2D eigenvalue weighted by Gasteiger charge is 2.30. The van der Waals surface area contributed by atoms with Gasteiger partial charge in [-0.05, 0) is 24.0 Å². The highest BCUT2D eigenvalue weighted by molar-refractivity contribution is 5.93. The number of rotatable bonds is 3. The van der Waals surface area contributed by atoms with Gasteiger partial charge < -0.3 is 20.3 Å². The number of hydrogen-bond donors (Lipinski definition) is 1. The van der Waals surface area contributed by atoms with Gasteiger partial charge in [0.05, 0.1) is 7.05 Å². The first kappa shape index (κ1) is 15.0. The molecular weight excluding hydrogens is 286 g/mol. The largest absolute Gasteiger partial charge is 0.358 e. The van der Waals surface area contributed by atoms with Crippen molar-refractivity contribution in [1.29, 1.82) is 0 Å². The van der Waals surface area contributed by atoms with Gasteiger partial charge in [0.15, 0.2) is 5.69 Å². The molecule has 8 heteroatoms. The van der Waals surface area contributed by atoms with Gasteiger partial charge in [0.2, 0.25) is 0 Å². The van der Waals surface area contributed by atoms with Gasteiger partial charge in [-0.2, -0.15) is 0 Å². The predicted molar refractivity (Wildman–Crippen MR) is 80.8 cm³/mol. The molecule has 1 amide bonds. The van der Waals surface area contributed by atoms with Crippen molar-refractivity contribution >= 4 is 11.7 Å². The minimum Gasteiger partial charge on any atom is -0.358 e. The van der Waals surface area contributed by atoms with Crippen LogP contribution in [0, 0.1) is 10.1 Å². The standard InChI is InChI=1S/C14H21N5O3/c1-16-12(2-3-13(16)19(21)22)14(20)18-8-6-17(7-9-18)11-4-5-15-10-11/h2-3,11,15H,4-10H2,1H3. The van der Waals surface area contributed by atoms with E-state index >= 15 is 0 Å². The number of nitro groups is 1. The molecule has 3 heterocycles. The quantitative estimate of drug-likeness (QED) is 0.630. The number of nitrogens with zero attached hydrogens (tertiary/aromatic N) is 4. The van der Waals surface area contributed by atoms with Crippen molar-refractivity contribution in [2.45, 2.75) is 12.5 Å². The summed E-state index contributed by atoms with van der Waals surface area (Å²) in [5, 5.41) is 14.2. The Balaban J connectivity index is 1.63. The second-order valence-corrected chi connectivity index (χ2v) is 5.87. The zero-order valence-corrected chi connectivity index (χ0v) is 12.7. The van der Waals surface area contributed by atoms with Gasteiger partial charge in [-0.25, -0.2) is 4.57 Å². The SMILES string of the molecule is Cn1c(C(=O)N2CCN(C3CCNC3)CC2)ccc1[N+](=O)[O-]. The first-order chi connectivity index (χ1) is 10.6. The Morgan fingerprint density at radius 2 is 2.05 bits per heavy atom. The zero-order chi connectivity index (χ0) is 15.7. The molecule has 2 fully saturated rings. The summed E-state index contributed by atoms with van der Waals surface area (Å²) in [5.41, 5.74) is 0.377. The fourth-order valence-electron chi connectivity index (χ4n) is 3.30. The predicted octanol–water partition coefficient (Wildman–Crippen LogP) is 0.0530. The van der Waals surface area contributed by atoms with Crippen molar-refractivity contribution < 1.29 is 9.72 Å². The number of carbonyl (C=O) groups is 1.